The highest BCUT2D eigenvalue weighted by Gasteiger charge is 2.26. The molecule has 0 saturated carbocycles. The van der Waals surface area contributed by atoms with Crippen molar-refractivity contribution in [2.45, 2.75) is 26.7 Å². The first-order chi connectivity index (χ1) is 10.1. The molecule has 1 saturated heterocycles. The number of aromatic nitrogens is 1. The van der Waals surface area contributed by atoms with Gasteiger partial charge in [0, 0.05) is 24.2 Å². The van der Waals surface area contributed by atoms with Crippen LogP contribution in [0.1, 0.15) is 24.1 Å². The van der Waals surface area contributed by atoms with E-state index in [1.807, 2.05) is 25.1 Å². The molecule has 1 aromatic carbocycles. The second-order valence-corrected chi connectivity index (χ2v) is 5.79. The first-order valence-electron chi connectivity index (χ1n) is 7.41. The Morgan fingerprint density at radius 1 is 1.24 bits per heavy atom. The lowest BCUT2D eigenvalue weighted by molar-refractivity contribution is -0.142. The van der Waals surface area contributed by atoms with Gasteiger partial charge >= 0.3 is 5.97 Å². The zero-order valence-corrected chi connectivity index (χ0v) is 12.5. The summed E-state index contributed by atoms with van der Waals surface area (Å²) in [4.78, 5) is 18.1. The maximum Gasteiger partial charge on any atom is 0.306 e. The van der Waals surface area contributed by atoms with Crippen molar-refractivity contribution in [1.29, 1.82) is 0 Å². The molecular formula is C17H20N2O2. The number of rotatable bonds is 2. The summed E-state index contributed by atoms with van der Waals surface area (Å²) < 4.78 is 0. The molecule has 4 heteroatoms. The maximum atomic E-state index is 11.1. The van der Waals surface area contributed by atoms with E-state index in [4.69, 9.17) is 5.11 Å². The fourth-order valence-electron chi connectivity index (χ4n) is 3.17. The molecule has 0 aliphatic carbocycles. The Hall–Kier alpha value is -2.10. The molecule has 0 spiro atoms. The van der Waals surface area contributed by atoms with Crippen LogP contribution in [0.3, 0.4) is 0 Å². The summed E-state index contributed by atoms with van der Waals surface area (Å²) in [7, 11) is 0. The number of nitrogens with zero attached hydrogens (tertiary/aromatic N) is 2. The number of aryl methyl sites for hydroxylation is 1. The number of carboxylic acids is 1. The lowest BCUT2D eigenvalue weighted by Crippen LogP contribution is -2.36. The van der Waals surface area contributed by atoms with Crippen molar-refractivity contribution >= 4 is 22.6 Å². The molecular weight excluding hydrogens is 264 g/mol. The summed E-state index contributed by atoms with van der Waals surface area (Å²) in [6.07, 6.45) is 1.43. The van der Waals surface area contributed by atoms with E-state index in [0.717, 1.165) is 29.7 Å². The van der Waals surface area contributed by atoms with E-state index in [1.165, 1.54) is 11.3 Å². The van der Waals surface area contributed by atoms with Gasteiger partial charge in [-0.3, -0.25) is 9.78 Å². The van der Waals surface area contributed by atoms with Gasteiger partial charge in [0.15, 0.2) is 0 Å². The molecule has 110 valence electrons. The molecule has 4 nitrogen and oxygen atoms in total. The van der Waals surface area contributed by atoms with Crippen LogP contribution in [0.4, 0.5) is 5.69 Å². The lowest BCUT2D eigenvalue weighted by atomic mass is 9.95. The average molecular weight is 284 g/mol. The highest BCUT2D eigenvalue weighted by Crippen LogP contribution is 2.33. The molecule has 2 aromatic rings. The van der Waals surface area contributed by atoms with Crippen LogP contribution in [-0.4, -0.2) is 29.1 Å². The number of carbonyl (C=O) groups is 1. The fraction of sp³-hybridized carbons (Fsp3) is 0.412. The van der Waals surface area contributed by atoms with Crippen LogP contribution in [0, 0.1) is 19.8 Å². The monoisotopic (exact) mass is 284 g/mol. The summed E-state index contributed by atoms with van der Waals surface area (Å²) in [5, 5.41) is 10.3. The number of hydrogen-bond acceptors (Lipinski definition) is 3. The summed E-state index contributed by atoms with van der Waals surface area (Å²) in [6, 6.07) is 8.18. The molecule has 0 radical (unpaired) electrons. The van der Waals surface area contributed by atoms with Crippen LogP contribution in [0.2, 0.25) is 0 Å². The number of anilines is 1. The minimum atomic E-state index is -0.665. The SMILES string of the molecule is Cc1nc2ccccc2c(N2CCC(C(=O)O)CC2)c1C. The number of para-hydroxylation sites is 1. The number of fused-ring (bicyclic) bond motifs is 1. The van der Waals surface area contributed by atoms with Gasteiger partial charge in [0.1, 0.15) is 0 Å². The van der Waals surface area contributed by atoms with Crippen molar-refractivity contribution in [1.82, 2.24) is 4.98 Å². The van der Waals surface area contributed by atoms with E-state index < -0.39 is 5.97 Å². The molecule has 2 heterocycles. The second kappa shape index (κ2) is 5.35. The predicted octanol–water partition coefficient (Wildman–Crippen LogP) is 3.15. The van der Waals surface area contributed by atoms with Gasteiger partial charge in [0.2, 0.25) is 0 Å². The molecule has 1 fully saturated rings. The largest absolute Gasteiger partial charge is 0.481 e. The average Bonchev–Trinajstić information content (AvgIpc) is 2.49. The maximum absolute atomic E-state index is 11.1. The van der Waals surface area contributed by atoms with Crippen LogP contribution in [-0.2, 0) is 4.79 Å². The molecule has 1 N–H and O–H groups in total. The van der Waals surface area contributed by atoms with Crippen LogP contribution >= 0.6 is 0 Å². The molecule has 1 aliphatic heterocycles. The third-order valence-electron chi connectivity index (χ3n) is 4.51. The Bertz CT molecular complexity index is 688. The van der Waals surface area contributed by atoms with Crippen LogP contribution in [0.25, 0.3) is 10.9 Å². The summed E-state index contributed by atoms with van der Waals surface area (Å²) in [5.41, 5.74) is 4.48. The fourth-order valence-corrected chi connectivity index (χ4v) is 3.17. The Balaban J connectivity index is 2.01. The Labute approximate surface area is 124 Å². The summed E-state index contributed by atoms with van der Waals surface area (Å²) in [6.45, 7) is 5.74. The van der Waals surface area contributed by atoms with E-state index >= 15 is 0 Å². The molecule has 0 bridgehead atoms. The van der Waals surface area contributed by atoms with Gasteiger partial charge in [-0.25, -0.2) is 0 Å². The Kier molecular flexibility index (Phi) is 3.53. The highest BCUT2D eigenvalue weighted by molar-refractivity contribution is 5.94. The number of carboxylic acid groups (broad SMARTS) is 1. The van der Waals surface area contributed by atoms with Gasteiger partial charge in [-0.05, 0) is 38.3 Å². The zero-order valence-electron chi connectivity index (χ0n) is 12.5. The Morgan fingerprint density at radius 2 is 1.90 bits per heavy atom. The number of aliphatic carboxylic acids is 1. The minimum absolute atomic E-state index is 0.198. The van der Waals surface area contributed by atoms with E-state index in [2.05, 4.69) is 22.9 Å². The summed E-state index contributed by atoms with van der Waals surface area (Å²) >= 11 is 0. The molecule has 0 atom stereocenters. The molecule has 21 heavy (non-hydrogen) atoms. The van der Waals surface area contributed by atoms with E-state index in [9.17, 15) is 4.79 Å². The van der Waals surface area contributed by atoms with E-state index in [0.29, 0.717) is 12.8 Å². The Morgan fingerprint density at radius 3 is 2.57 bits per heavy atom. The zero-order chi connectivity index (χ0) is 15.0. The smallest absolute Gasteiger partial charge is 0.306 e. The van der Waals surface area contributed by atoms with Gasteiger partial charge in [0.05, 0.1) is 17.1 Å². The van der Waals surface area contributed by atoms with Gasteiger partial charge in [0.25, 0.3) is 0 Å². The third kappa shape index (κ3) is 2.46. The topological polar surface area (TPSA) is 53.4 Å². The second-order valence-electron chi connectivity index (χ2n) is 5.79. The number of piperidine rings is 1. The quantitative estimate of drug-likeness (QED) is 0.920. The van der Waals surface area contributed by atoms with Crippen molar-refractivity contribution in [3.63, 3.8) is 0 Å². The van der Waals surface area contributed by atoms with E-state index in [1.54, 1.807) is 0 Å². The highest BCUT2D eigenvalue weighted by atomic mass is 16.4. The van der Waals surface area contributed by atoms with Gasteiger partial charge in [-0.15, -0.1) is 0 Å². The minimum Gasteiger partial charge on any atom is -0.481 e. The lowest BCUT2D eigenvalue weighted by Gasteiger charge is -2.34. The normalized spacial score (nSPS) is 16.4. The number of benzene rings is 1. The first kappa shape index (κ1) is 13.9. The van der Waals surface area contributed by atoms with Gasteiger partial charge in [-0.1, -0.05) is 18.2 Å². The third-order valence-corrected chi connectivity index (χ3v) is 4.51. The first-order valence-corrected chi connectivity index (χ1v) is 7.41. The van der Waals surface area contributed by atoms with Crippen molar-refractivity contribution in [3.05, 3.63) is 35.5 Å². The number of pyridine rings is 1. The van der Waals surface area contributed by atoms with Crippen LogP contribution in [0.15, 0.2) is 24.3 Å². The molecule has 1 aliphatic rings. The van der Waals surface area contributed by atoms with Crippen LogP contribution in [0.5, 0.6) is 0 Å². The molecule has 0 unspecified atom stereocenters. The van der Waals surface area contributed by atoms with E-state index in [-0.39, 0.29) is 5.92 Å². The predicted molar refractivity (Wildman–Crippen MR) is 83.8 cm³/mol. The molecule has 1 aromatic heterocycles. The van der Waals surface area contributed by atoms with Gasteiger partial charge in [-0.2, -0.15) is 0 Å². The number of hydrogen-bond donors (Lipinski definition) is 1. The standard InChI is InChI=1S/C17H20N2O2/c1-11-12(2)18-15-6-4-3-5-14(15)16(11)19-9-7-13(8-10-19)17(20)21/h3-6,13H,7-10H2,1-2H3,(H,20,21). The van der Waals surface area contributed by atoms with Crippen molar-refractivity contribution in [2.75, 3.05) is 18.0 Å². The van der Waals surface area contributed by atoms with Gasteiger partial charge < -0.3 is 10.0 Å². The molecule has 0 amide bonds. The van der Waals surface area contributed by atoms with Crippen molar-refractivity contribution in [3.8, 4) is 0 Å². The van der Waals surface area contributed by atoms with Crippen molar-refractivity contribution < 1.29 is 9.90 Å². The van der Waals surface area contributed by atoms with Crippen molar-refractivity contribution in [2.24, 2.45) is 5.92 Å². The van der Waals surface area contributed by atoms with Crippen LogP contribution < -0.4 is 4.90 Å². The summed E-state index contributed by atoms with van der Waals surface area (Å²) in [5.74, 6) is -0.863. The molecule has 3 rings (SSSR count).